The number of carboxylic acid groups (broad SMARTS) is 1. The minimum Gasteiger partial charge on any atom is -0.481 e. The summed E-state index contributed by atoms with van der Waals surface area (Å²) in [6, 6.07) is 0. The Bertz CT molecular complexity index is 305. The molecule has 0 heterocycles. The van der Waals surface area contributed by atoms with E-state index in [4.69, 9.17) is 0 Å². The quantitative estimate of drug-likeness (QED) is 0.800. The number of hydrogen-bond donors (Lipinski definition) is 2. The maximum absolute atomic E-state index is 12.0. The van der Waals surface area contributed by atoms with Crippen LogP contribution in [0.2, 0.25) is 0 Å². The molecule has 2 N–H and O–H groups in total. The van der Waals surface area contributed by atoms with Crippen LogP contribution < -0.4 is 0 Å². The van der Waals surface area contributed by atoms with Crippen LogP contribution in [0.15, 0.2) is 0 Å². The van der Waals surface area contributed by atoms with E-state index in [-0.39, 0.29) is 5.92 Å². The molecule has 0 aromatic heterocycles. The van der Waals surface area contributed by atoms with Crippen molar-refractivity contribution in [1.29, 1.82) is 0 Å². The first-order chi connectivity index (χ1) is 9.68. The molecular formula is C17H30O3. The molecule has 2 unspecified atom stereocenters. The van der Waals surface area contributed by atoms with Crippen LogP contribution in [0.5, 0.6) is 0 Å². The average molecular weight is 282 g/mol. The lowest BCUT2D eigenvalue weighted by Crippen LogP contribution is -2.50. The van der Waals surface area contributed by atoms with Gasteiger partial charge < -0.3 is 10.2 Å². The molecule has 3 heteroatoms. The maximum atomic E-state index is 12.0. The van der Waals surface area contributed by atoms with Crippen LogP contribution in [0.1, 0.15) is 83.5 Å². The minimum absolute atomic E-state index is 0.174. The fourth-order valence-electron chi connectivity index (χ4n) is 4.40. The van der Waals surface area contributed by atoms with Crippen molar-refractivity contribution in [3.05, 3.63) is 0 Å². The molecule has 0 radical (unpaired) electrons. The fourth-order valence-corrected chi connectivity index (χ4v) is 4.40. The van der Waals surface area contributed by atoms with E-state index >= 15 is 0 Å². The summed E-state index contributed by atoms with van der Waals surface area (Å²) >= 11 is 0. The van der Waals surface area contributed by atoms with Crippen LogP contribution >= 0.6 is 0 Å². The summed E-state index contributed by atoms with van der Waals surface area (Å²) in [5.74, 6) is -0.569. The molecule has 2 atom stereocenters. The van der Waals surface area contributed by atoms with Gasteiger partial charge in [-0.1, -0.05) is 57.8 Å². The summed E-state index contributed by atoms with van der Waals surface area (Å²) in [5, 5.41) is 20.3. The average Bonchev–Trinajstić information content (AvgIpc) is 2.45. The van der Waals surface area contributed by atoms with Crippen molar-refractivity contribution >= 4 is 5.97 Å². The lowest BCUT2D eigenvalue weighted by Gasteiger charge is -2.44. The summed E-state index contributed by atoms with van der Waals surface area (Å²) in [6.07, 6.45) is 13.2. The number of aliphatic carboxylic acids is 1. The Kier molecular flexibility index (Phi) is 5.88. The summed E-state index contributed by atoms with van der Waals surface area (Å²) in [5.41, 5.74) is -0.850. The lowest BCUT2D eigenvalue weighted by molar-refractivity contribution is -0.168. The van der Waals surface area contributed by atoms with Crippen molar-refractivity contribution in [3.63, 3.8) is 0 Å². The zero-order valence-corrected chi connectivity index (χ0v) is 12.6. The Balaban J connectivity index is 2.14. The van der Waals surface area contributed by atoms with Gasteiger partial charge in [0.25, 0.3) is 0 Å². The second-order valence-corrected chi connectivity index (χ2v) is 6.86. The summed E-state index contributed by atoms with van der Waals surface area (Å²) in [4.78, 5) is 12.0. The van der Waals surface area contributed by atoms with Crippen molar-refractivity contribution in [3.8, 4) is 0 Å². The first-order valence-electron chi connectivity index (χ1n) is 8.59. The Hall–Kier alpha value is -0.570. The lowest BCUT2D eigenvalue weighted by atomic mass is 9.61. The van der Waals surface area contributed by atoms with Gasteiger partial charge in [-0.2, -0.15) is 0 Å². The van der Waals surface area contributed by atoms with E-state index < -0.39 is 17.5 Å². The van der Waals surface area contributed by atoms with Gasteiger partial charge in [-0.05, 0) is 31.6 Å². The Labute approximate surface area is 122 Å². The smallest absolute Gasteiger partial charge is 0.312 e. The third-order valence-electron chi connectivity index (χ3n) is 5.64. The number of aliphatic hydroxyl groups is 1. The molecule has 0 aliphatic heterocycles. The van der Waals surface area contributed by atoms with Crippen molar-refractivity contribution in [2.24, 2.45) is 11.3 Å². The van der Waals surface area contributed by atoms with Crippen LogP contribution in [0.3, 0.4) is 0 Å². The highest BCUT2D eigenvalue weighted by Gasteiger charge is 2.51. The van der Waals surface area contributed by atoms with Crippen molar-refractivity contribution in [2.45, 2.75) is 89.6 Å². The van der Waals surface area contributed by atoms with Gasteiger partial charge in [0.1, 0.15) is 0 Å². The van der Waals surface area contributed by atoms with E-state index in [0.29, 0.717) is 12.8 Å². The fraction of sp³-hybridized carbons (Fsp3) is 0.941. The second kappa shape index (κ2) is 7.44. The zero-order valence-electron chi connectivity index (χ0n) is 12.6. The topological polar surface area (TPSA) is 57.5 Å². The van der Waals surface area contributed by atoms with Gasteiger partial charge in [0.05, 0.1) is 11.5 Å². The number of hydrogen-bond acceptors (Lipinski definition) is 2. The Morgan fingerprint density at radius 2 is 1.30 bits per heavy atom. The number of rotatable bonds is 2. The normalized spacial score (nSPS) is 34.5. The molecule has 2 saturated carbocycles. The van der Waals surface area contributed by atoms with Crippen LogP contribution in [0.25, 0.3) is 0 Å². The van der Waals surface area contributed by atoms with E-state index in [0.717, 1.165) is 38.5 Å². The van der Waals surface area contributed by atoms with Crippen LogP contribution in [0.4, 0.5) is 0 Å². The molecule has 3 nitrogen and oxygen atoms in total. The summed E-state index contributed by atoms with van der Waals surface area (Å²) in [6.45, 7) is 0. The zero-order chi connectivity index (χ0) is 14.4. The highest BCUT2D eigenvalue weighted by molar-refractivity contribution is 5.76. The molecule has 0 saturated heterocycles. The second-order valence-electron chi connectivity index (χ2n) is 6.86. The maximum Gasteiger partial charge on any atom is 0.312 e. The molecule has 0 bridgehead atoms. The molecule has 0 aromatic rings. The van der Waals surface area contributed by atoms with Gasteiger partial charge in [-0.25, -0.2) is 0 Å². The Morgan fingerprint density at radius 3 is 1.80 bits per heavy atom. The van der Waals surface area contributed by atoms with Crippen LogP contribution in [0, 0.1) is 11.3 Å². The molecule has 116 valence electrons. The molecule has 0 spiro atoms. The molecular weight excluding hydrogens is 252 g/mol. The van der Waals surface area contributed by atoms with Gasteiger partial charge in [-0.15, -0.1) is 0 Å². The van der Waals surface area contributed by atoms with E-state index in [1.165, 1.54) is 32.1 Å². The van der Waals surface area contributed by atoms with Gasteiger partial charge in [0, 0.05) is 0 Å². The van der Waals surface area contributed by atoms with E-state index in [9.17, 15) is 15.0 Å². The first kappa shape index (κ1) is 15.8. The third-order valence-corrected chi connectivity index (χ3v) is 5.64. The Morgan fingerprint density at radius 1 is 0.800 bits per heavy atom. The predicted molar refractivity (Wildman–Crippen MR) is 79.6 cm³/mol. The summed E-state index contributed by atoms with van der Waals surface area (Å²) < 4.78 is 0. The molecule has 2 aliphatic carbocycles. The number of aliphatic hydroxyl groups excluding tert-OH is 1. The molecule has 2 fully saturated rings. The molecule has 0 amide bonds. The van der Waals surface area contributed by atoms with E-state index in [1.807, 2.05) is 0 Å². The number of carbonyl (C=O) groups is 1. The number of carboxylic acids is 1. The predicted octanol–water partition coefficient (Wildman–Crippen LogP) is 4.13. The van der Waals surface area contributed by atoms with Gasteiger partial charge in [0.15, 0.2) is 0 Å². The van der Waals surface area contributed by atoms with Crippen molar-refractivity contribution < 1.29 is 15.0 Å². The van der Waals surface area contributed by atoms with E-state index in [2.05, 4.69) is 0 Å². The SMILES string of the molecule is O=C(O)C1(C2CCCCCCCCC2)CCCCC1O. The molecule has 2 aliphatic rings. The first-order valence-corrected chi connectivity index (χ1v) is 8.59. The van der Waals surface area contributed by atoms with Crippen LogP contribution in [-0.4, -0.2) is 22.3 Å². The van der Waals surface area contributed by atoms with Crippen molar-refractivity contribution in [2.75, 3.05) is 0 Å². The molecule has 0 aromatic carbocycles. The van der Waals surface area contributed by atoms with Gasteiger partial charge in [0.2, 0.25) is 0 Å². The van der Waals surface area contributed by atoms with Gasteiger partial charge >= 0.3 is 5.97 Å². The van der Waals surface area contributed by atoms with Crippen molar-refractivity contribution in [1.82, 2.24) is 0 Å². The minimum atomic E-state index is -0.850. The highest BCUT2D eigenvalue weighted by atomic mass is 16.4. The summed E-state index contributed by atoms with van der Waals surface area (Å²) in [7, 11) is 0. The largest absolute Gasteiger partial charge is 0.481 e. The molecule has 20 heavy (non-hydrogen) atoms. The van der Waals surface area contributed by atoms with Crippen LogP contribution in [-0.2, 0) is 4.79 Å². The standard InChI is InChI=1S/C17H30O3/c18-15-12-8-9-13-17(15,16(19)20)14-10-6-4-2-1-3-5-7-11-14/h14-15,18H,1-13H2,(H,19,20). The third kappa shape index (κ3) is 3.36. The highest BCUT2D eigenvalue weighted by Crippen LogP contribution is 2.47. The molecule has 2 rings (SSSR count). The van der Waals surface area contributed by atoms with E-state index in [1.54, 1.807) is 0 Å². The van der Waals surface area contributed by atoms with Gasteiger partial charge in [-0.3, -0.25) is 4.79 Å². The monoisotopic (exact) mass is 282 g/mol.